The van der Waals surface area contributed by atoms with Gasteiger partial charge in [-0.1, -0.05) is 13.8 Å². The first-order valence-electron chi connectivity index (χ1n) is 6.52. The maximum Gasteiger partial charge on any atom is 0.120 e. The Labute approximate surface area is 104 Å². The zero-order chi connectivity index (χ0) is 12.7. The van der Waals surface area contributed by atoms with Crippen LogP contribution in [0.3, 0.4) is 0 Å². The summed E-state index contributed by atoms with van der Waals surface area (Å²) in [6, 6.07) is 1.98. The summed E-state index contributed by atoms with van der Waals surface area (Å²) in [5.74, 6) is 1.01. The van der Waals surface area contributed by atoms with Crippen molar-refractivity contribution in [2.75, 3.05) is 13.2 Å². The molecular formula is C14H25NO2. The van der Waals surface area contributed by atoms with E-state index in [9.17, 15) is 0 Å². The van der Waals surface area contributed by atoms with Crippen molar-refractivity contribution < 1.29 is 9.52 Å². The van der Waals surface area contributed by atoms with Crippen molar-refractivity contribution in [1.29, 1.82) is 0 Å². The molecule has 98 valence electrons. The van der Waals surface area contributed by atoms with Crippen LogP contribution in [0.25, 0.3) is 0 Å². The van der Waals surface area contributed by atoms with Crippen LogP contribution in [0.4, 0.5) is 0 Å². The Hall–Kier alpha value is -0.800. The Kier molecular flexibility index (Phi) is 5.72. The van der Waals surface area contributed by atoms with Crippen LogP contribution in [-0.2, 0) is 6.54 Å². The van der Waals surface area contributed by atoms with Crippen LogP contribution < -0.4 is 5.32 Å². The second-order valence-corrected chi connectivity index (χ2v) is 4.81. The van der Waals surface area contributed by atoms with Gasteiger partial charge in [0.2, 0.25) is 0 Å². The van der Waals surface area contributed by atoms with E-state index in [4.69, 9.17) is 9.52 Å². The Balaban J connectivity index is 2.44. The fraction of sp³-hybridized carbons (Fsp3) is 0.714. The summed E-state index contributed by atoms with van der Waals surface area (Å²) in [7, 11) is 0. The third kappa shape index (κ3) is 3.86. The molecule has 0 unspecified atom stereocenters. The molecule has 0 saturated carbocycles. The smallest absolute Gasteiger partial charge is 0.120 e. The van der Waals surface area contributed by atoms with Gasteiger partial charge in [0.15, 0.2) is 0 Å². The van der Waals surface area contributed by atoms with E-state index in [1.165, 1.54) is 5.56 Å². The lowest BCUT2D eigenvalue weighted by Gasteiger charge is -2.31. The maximum atomic E-state index is 9.15. The molecule has 0 aliphatic heterocycles. The van der Waals surface area contributed by atoms with E-state index in [2.05, 4.69) is 26.1 Å². The van der Waals surface area contributed by atoms with E-state index < -0.39 is 0 Å². The second kappa shape index (κ2) is 6.82. The lowest BCUT2D eigenvalue weighted by Crippen LogP contribution is -2.34. The summed E-state index contributed by atoms with van der Waals surface area (Å²) in [6.45, 7) is 8.41. The van der Waals surface area contributed by atoms with Crippen LogP contribution in [-0.4, -0.2) is 18.3 Å². The van der Waals surface area contributed by atoms with Gasteiger partial charge in [-0.05, 0) is 43.2 Å². The van der Waals surface area contributed by atoms with Gasteiger partial charge in [0.25, 0.3) is 0 Å². The minimum Gasteiger partial charge on any atom is -0.468 e. The molecule has 0 atom stereocenters. The number of furan rings is 1. The number of rotatable bonds is 8. The average molecular weight is 239 g/mol. The highest BCUT2D eigenvalue weighted by atomic mass is 16.3. The summed E-state index contributed by atoms with van der Waals surface area (Å²) < 4.78 is 5.39. The number of aliphatic hydroxyl groups is 1. The topological polar surface area (TPSA) is 45.4 Å². The minimum atomic E-state index is 0.218. The van der Waals surface area contributed by atoms with Crippen LogP contribution in [0.15, 0.2) is 16.7 Å². The fourth-order valence-corrected chi connectivity index (χ4v) is 2.21. The lowest BCUT2D eigenvalue weighted by molar-refractivity contribution is 0.162. The molecule has 0 aliphatic rings. The molecular weight excluding hydrogens is 214 g/mol. The van der Waals surface area contributed by atoms with Crippen LogP contribution in [0, 0.1) is 12.3 Å². The van der Waals surface area contributed by atoms with Crippen molar-refractivity contribution in [3.8, 4) is 0 Å². The molecule has 1 rings (SSSR count). The van der Waals surface area contributed by atoms with Crippen LogP contribution in [0.2, 0.25) is 0 Å². The Bertz CT molecular complexity index is 316. The first-order chi connectivity index (χ1) is 8.17. The van der Waals surface area contributed by atoms with E-state index in [-0.39, 0.29) is 12.0 Å². The van der Waals surface area contributed by atoms with E-state index in [1.54, 1.807) is 6.26 Å². The van der Waals surface area contributed by atoms with Crippen molar-refractivity contribution in [2.45, 2.75) is 46.6 Å². The normalized spacial score (nSPS) is 12.0. The number of hydrogen-bond donors (Lipinski definition) is 2. The first kappa shape index (κ1) is 14.3. The summed E-state index contributed by atoms with van der Waals surface area (Å²) in [6.07, 6.45) is 4.78. The van der Waals surface area contributed by atoms with Gasteiger partial charge in [0.1, 0.15) is 5.76 Å². The summed E-state index contributed by atoms with van der Waals surface area (Å²) in [4.78, 5) is 0. The van der Waals surface area contributed by atoms with Gasteiger partial charge >= 0.3 is 0 Å². The SMILES string of the molecule is CCC(CC)(CCO)CNCc1occc1C. The Morgan fingerprint density at radius 1 is 1.35 bits per heavy atom. The first-order valence-corrected chi connectivity index (χ1v) is 6.52. The lowest BCUT2D eigenvalue weighted by atomic mass is 9.79. The van der Waals surface area contributed by atoms with Crippen molar-refractivity contribution in [3.63, 3.8) is 0 Å². The van der Waals surface area contributed by atoms with Gasteiger partial charge in [-0.2, -0.15) is 0 Å². The van der Waals surface area contributed by atoms with Crippen molar-refractivity contribution in [1.82, 2.24) is 5.32 Å². The monoisotopic (exact) mass is 239 g/mol. The maximum absolute atomic E-state index is 9.15. The molecule has 0 amide bonds. The molecule has 3 nitrogen and oxygen atoms in total. The molecule has 1 heterocycles. The summed E-state index contributed by atoms with van der Waals surface area (Å²) in [5.41, 5.74) is 1.41. The molecule has 2 N–H and O–H groups in total. The van der Waals surface area contributed by atoms with Crippen molar-refractivity contribution in [2.24, 2.45) is 5.41 Å². The van der Waals surface area contributed by atoms with Crippen LogP contribution in [0.1, 0.15) is 44.4 Å². The molecule has 0 fully saturated rings. The van der Waals surface area contributed by atoms with E-state index in [0.717, 1.165) is 38.1 Å². The zero-order valence-electron chi connectivity index (χ0n) is 11.3. The van der Waals surface area contributed by atoms with Gasteiger partial charge in [-0.3, -0.25) is 0 Å². The standard InChI is InChI=1S/C14H25NO2/c1-4-14(5-2,7-8-16)11-15-10-13-12(3)6-9-17-13/h6,9,15-16H,4-5,7-8,10-11H2,1-3H3. The molecule has 17 heavy (non-hydrogen) atoms. The molecule has 0 aromatic carbocycles. The van der Waals surface area contributed by atoms with Crippen LogP contribution in [0.5, 0.6) is 0 Å². The fourth-order valence-electron chi connectivity index (χ4n) is 2.21. The molecule has 1 aromatic rings. The van der Waals surface area contributed by atoms with E-state index in [1.807, 2.05) is 6.07 Å². The zero-order valence-corrected chi connectivity index (χ0v) is 11.3. The van der Waals surface area contributed by atoms with E-state index >= 15 is 0 Å². The van der Waals surface area contributed by atoms with Gasteiger partial charge in [-0.25, -0.2) is 0 Å². The second-order valence-electron chi connectivity index (χ2n) is 4.81. The molecule has 3 heteroatoms. The summed E-state index contributed by atoms with van der Waals surface area (Å²) >= 11 is 0. The van der Waals surface area contributed by atoms with Crippen LogP contribution >= 0.6 is 0 Å². The molecule has 0 aliphatic carbocycles. The predicted octanol–water partition coefficient (Wildman–Crippen LogP) is 2.87. The number of hydrogen-bond acceptors (Lipinski definition) is 3. The van der Waals surface area contributed by atoms with Crippen molar-refractivity contribution >= 4 is 0 Å². The van der Waals surface area contributed by atoms with Gasteiger partial charge in [0.05, 0.1) is 12.8 Å². The van der Waals surface area contributed by atoms with Gasteiger partial charge in [0, 0.05) is 13.2 Å². The van der Waals surface area contributed by atoms with Gasteiger partial charge in [-0.15, -0.1) is 0 Å². The Morgan fingerprint density at radius 2 is 2.06 bits per heavy atom. The molecule has 0 radical (unpaired) electrons. The molecule has 0 spiro atoms. The number of aryl methyl sites for hydroxylation is 1. The highest BCUT2D eigenvalue weighted by Crippen LogP contribution is 2.29. The molecule has 0 saturated heterocycles. The number of nitrogens with one attached hydrogen (secondary N) is 1. The molecule has 0 bridgehead atoms. The predicted molar refractivity (Wildman–Crippen MR) is 69.9 cm³/mol. The minimum absolute atomic E-state index is 0.218. The molecule has 1 aromatic heterocycles. The number of aliphatic hydroxyl groups excluding tert-OH is 1. The highest BCUT2D eigenvalue weighted by Gasteiger charge is 2.24. The van der Waals surface area contributed by atoms with Crippen molar-refractivity contribution in [3.05, 3.63) is 23.7 Å². The third-order valence-electron chi connectivity index (χ3n) is 3.90. The largest absolute Gasteiger partial charge is 0.468 e. The van der Waals surface area contributed by atoms with Gasteiger partial charge < -0.3 is 14.8 Å². The summed E-state index contributed by atoms with van der Waals surface area (Å²) in [5, 5.41) is 12.6. The highest BCUT2D eigenvalue weighted by molar-refractivity contribution is 5.14. The quantitative estimate of drug-likeness (QED) is 0.733. The average Bonchev–Trinajstić information content (AvgIpc) is 2.74. The van der Waals surface area contributed by atoms with E-state index in [0.29, 0.717) is 0 Å². The third-order valence-corrected chi connectivity index (χ3v) is 3.90. The Morgan fingerprint density at radius 3 is 2.53 bits per heavy atom.